The van der Waals surface area contributed by atoms with Crippen LogP contribution in [0.4, 0.5) is 0 Å². The molecule has 0 saturated heterocycles. The Morgan fingerprint density at radius 1 is 0.280 bits per heavy atom. The highest BCUT2D eigenvalue weighted by atomic mass is 16.6. The summed E-state index contributed by atoms with van der Waals surface area (Å²) in [5.74, 6) is -0.915. The zero-order valence-electron chi connectivity index (χ0n) is 48.8. The van der Waals surface area contributed by atoms with Gasteiger partial charge in [0.1, 0.15) is 13.2 Å². The summed E-state index contributed by atoms with van der Waals surface area (Å²) in [5, 5.41) is 0. The number of carbonyl (C=O) groups excluding carboxylic acids is 3. The molecule has 0 bridgehead atoms. The Balaban J connectivity index is 4.29. The smallest absolute Gasteiger partial charge is 0.306 e. The number of ether oxygens (including phenoxy) is 3. The molecule has 0 fully saturated rings. The lowest BCUT2D eigenvalue weighted by molar-refractivity contribution is -0.167. The first kappa shape index (κ1) is 70.8. The van der Waals surface area contributed by atoms with Gasteiger partial charge in [-0.1, -0.05) is 271 Å². The van der Waals surface area contributed by atoms with E-state index < -0.39 is 6.10 Å². The van der Waals surface area contributed by atoms with E-state index in [0.717, 1.165) is 135 Å². The monoisotopic (exact) mass is 1040 g/mol. The molecule has 0 aromatic heterocycles. The summed E-state index contributed by atoms with van der Waals surface area (Å²) in [6.45, 7) is 6.39. The average Bonchev–Trinajstić information content (AvgIpc) is 3.41. The number of hydrogen-bond donors (Lipinski definition) is 0. The second kappa shape index (κ2) is 62.4. The number of esters is 3. The highest BCUT2D eigenvalue weighted by Gasteiger charge is 2.19. The van der Waals surface area contributed by atoms with Crippen LogP contribution >= 0.6 is 0 Å². The van der Waals surface area contributed by atoms with Crippen LogP contribution < -0.4 is 0 Å². The van der Waals surface area contributed by atoms with Crippen LogP contribution in [0, 0.1) is 0 Å². The summed E-state index contributed by atoms with van der Waals surface area (Å²) in [6, 6.07) is 0. The van der Waals surface area contributed by atoms with E-state index in [4.69, 9.17) is 14.2 Å². The molecule has 0 amide bonds. The summed E-state index contributed by atoms with van der Waals surface area (Å²) in [5.41, 5.74) is 0. The zero-order valence-corrected chi connectivity index (χ0v) is 48.8. The van der Waals surface area contributed by atoms with Gasteiger partial charge in [-0.05, 0) is 109 Å². The third-order valence-corrected chi connectivity index (χ3v) is 13.0. The molecule has 426 valence electrons. The molecule has 0 rings (SSSR count). The molecule has 0 N–H and O–H groups in total. The number of unbranched alkanes of at least 4 members (excludes halogenated alkanes) is 24. The van der Waals surface area contributed by atoms with E-state index in [1.54, 1.807) is 0 Å². The third kappa shape index (κ3) is 60.6. The summed E-state index contributed by atoms with van der Waals surface area (Å²) < 4.78 is 16.9. The second-order valence-electron chi connectivity index (χ2n) is 20.2. The van der Waals surface area contributed by atoms with Crippen molar-refractivity contribution in [3.05, 3.63) is 122 Å². The summed E-state index contributed by atoms with van der Waals surface area (Å²) in [7, 11) is 0. The number of carbonyl (C=O) groups is 3. The molecule has 0 radical (unpaired) electrons. The summed E-state index contributed by atoms with van der Waals surface area (Å²) in [4.78, 5) is 38.2. The Morgan fingerprint density at radius 3 is 0.813 bits per heavy atom. The predicted molar refractivity (Wildman–Crippen MR) is 325 cm³/mol. The second-order valence-corrected chi connectivity index (χ2v) is 20.2. The van der Waals surface area contributed by atoms with E-state index in [1.807, 2.05) is 0 Å². The van der Waals surface area contributed by atoms with Crippen LogP contribution in [0.25, 0.3) is 0 Å². The van der Waals surface area contributed by atoms with Crippen molar-refractivity contribution in [2.75, 3.05) is 13.2 Å². The lowest BCUT2D eigenvalue weighted by atomic mass is 10.1. The molecule has 6 nitrogen and oxygen atoms in total. The third-order valence-electron chi connectivity index (χ3n) is 13.0. The fourth-order valence-electron chi connectivity index (χ4n) is 8.38. The van der Waals surface area contributed by atoms with Crippen molar-refractivity contribution in [3.63, 3.8) is 0 Å². The van der Waals surface area contributed by atoms with Crippen molar-refractivity contribution >= 4 is 17.9 Å². The highest BCUT2D eigenvalue weighted by molar-refractivity contribution is 5.71. The standard InChI is InChI=1S/C69H114O6/c1-4-7-10-13-16-19-22-24-26-28-29-30-31-32-33-34-35-36-37-38-39-41-42-44-47-50-53-56-59-62-68(71)74-65-66(64-73-67(70)61-58-55-52-49-46-21-18-15-12-9-6-3)75-69(72)63-60-57-54-51-48-45-43-40-27-25-23-20-17-14-11-8-5-2/h7-8,10-11,16-17,19-20,24-27,29-30,32-33,35-36,43,45,66H,4-6,9,12-15,18,21-23,28,31,34,37-42,44,46-65H2,1-3H3/b10-7-,11-8-,19-16-,20-17-,26-24-,27-25-,30-29-,33-32-,36-35-,45-43-. The van der Waals surface area contributed by atoms with Crippen LogP contribution in [-0.4, -0.2) is 37.2 Å². The molecule has 1 unspecified atom stereocenters. The van der Waals surface area contributed by atoms with Gasteiger partial charge in [0.05, 0.1) is 0 Å². The van der Waals surface area contributed by atoms with Crippen LogP contribution in [0.1, 0.15) is 278 Å². The van der Waals surface area contributed by atoms with Crippen molar-refractivity contribution in [1.82, 2.24) is 0 Å². The van der Waals surface area contributed by atoms with Crippen molar-refractivity contribution in [2.45, 2.75) is 284 Å². The number of hydrogen-bond acceptors (Lipinski definition) is 6. The maximum atomic E-state index is 12.9. The molecule has 1 atom stereocenters. The van der Waals surface area contributed by atoms with Crippen LogP contribution in [0.15, 0.2) is 122 Å². The Hall–Kier alpha value is -4.19. The molecule has 0 aromatic carbocycles. The van der Waals surface area contributed by atoms with Crippen LogP contribution in [0.3, 0.4) is 0 Å². The van der Waals surface area contributed by atoms with Gasteiger partial charge in [0.25, 0.3) is 0 Å². The molecular formula is C69H114O6. The van der Waals surface area contributed by atoms with Gasteiger partial charge in [0.2, 0.25) is 0 Å². The lowest BCUT2D eigenvalue weighted by Gasteiger charge is -2.18. The Kier molecular flexibility index (Phi) is 58.9. The van der Waals surface area contributed by atoms with Crippen molar-refractivity contribution in [2.24, 2.45) is 0 Å². The number of allylic oxidation sites excluding steroid dienone is 20. The first-order valence-electron chi connectivity index (χ1n) is 31.0. The Morgan fingerprint density at radius 2 is 0.520 bits per heavy atom. The molecule has 75 heavy (non-hydrogen) atoms. The first-order valence-corrected chi connectivity index (χ1v) is 31.0. The van der Waals surface area contributed by atoms with Gasteiger partial charge in [-0.3, -0.25) is 14.4 Å². The predicted octanol–water partition coefficient (Wildman–Crippen LogP) is 21.2. The molecule has 0 aromatic rings. The van der Waals surface area contributed by atoms with E-state index in [1.165, 1.54) is 103 Å². The van der Waals surface area contributed by atoms with Crippen molar-refractivity contribution < 1.29 is 28.6 Å². The van der Waals surface area contributed by atoms with E-state index in [2.05, 4.69) is 142 Å². The molecular weight excluding hydrogens is 925 g/mol. The molecule has 0 aliphatic carbocycles. The first-order chi connectivity index (χ1) is 37.0. The minimum Gasteiger partial charge on any atom is -0.462 e. The van der Waals surface area contributed by atoms with E-state index in [0.29, 0.717) is 19.3 Å². The Bertz CT molecular complexity index is 1570. The van der Waals surface area contributed by atoms with Crippen molar-refractivity contribution in [3.8, 4) is 0 Å². The fraction of sp³-hybridized carbons (Fsp3) is 0.667. The normalized spacial score (nSPS) is 12.9. The topological polar surface area (TPSA) is 78.9 Å². The highest BCUT2D eigenvalue weighted by Crippen LogP contribution is 2.15. The van der Waals surface area contributed by atoms with Crippen LogP contribution in [-0.2, 0) is 28.6 Å². The van der Waals surface area contributed by atoms with Gasteiger partial charge < -0.3 is 14.2 Å². The van der Waals surface area contributed by atoms with E-state index in [9.17, 15) is 14.4 Å². The molecule has 6 heteroatoms. The zero-order chi connectivity index (χ0) is 54.3. The van der Waals surface area contributed by atoms with E-state index in [-0.39, 0.29) is 31.1 Å². The van der Waals surface area contributed by atoms with E-state index >= 15 is 0 Å². The van der Waals surface area contributed by atoms with Gasteiger partial charge in [-0.25, -0.2) is 0 Å². The molecule has 0 aliphatic heterocycles. The SMILES string of the molecule is CC/C=C\C/C=C\C/C=C\C/C=C\C/C=C\C/C=C\CCCCCCCCCCCCC(=O)OCC(COC(=O)CCCCCCCCCCCCC)OC(=O)CCCCCC/C=C\C/C=C\C/C=C\C/C=C\CC. The van der Waals surface area contributed by atoms with Crippen molar-refractivity contribution in [1.29, 1.82) is 0 Å². The summed E-state index contributed by atoms with van der Waals surface area (Å²) >= 11 is 0. The quantitative estimate of drug-likeness (QED) is 0.0261. The maximum Gasteiger partial charge on any atom is 0.306 e. The largest absolute Gasteiger partial charge is 0.462 e. The van der Waals surface area contributed by atoms with Crippen LogP contribution in [0.2, 0.25) is 0 Å². The molecule has 0 saturated carbocycles. The maximum absolute atomic E-state index is 12.9. The fourth-order valence-corrected chi connectivity index (χ4v) is 8.38. The van der Waals surface area contributed by atoms with Gasteiger partial charge in [-0.15, -0.1) is 0 Å². The molecule has 0 spiro atoms. The number of rotatable bonds is 55. The van der Waals surface area contributed by atoms with Gasteiger partial charge in [0.15, 0.2) is 6.10 Å². The lowest BCUT2D eigenvalue weighted by Crippen LogP contribution is -2.30. The minimum absolute atomic E-state index is 0.0891. The molecule has 0 heterocycles. The minimum atomic E-state index is -0.794. The van der Waals surface area contributed by atoms with Gasteiger partial charge in [0, 0.05) is 19.3 Å². The Labute approximate surface area is 462 Å². The van der Waals surface area contributed by atoms with Crippen LogP contribution in [0.5, 0.6) is 0 Å². The van der Waals surface area contributed by atoms with Gasteiger partial charge >= 0.3 is 17.9 Å². The average molecular weight is 1040 g/mol. The molecule has 0 aliphatic rings. The summed E-state index contributed by atoms with van der Waals surface area (Å²) in [6.07, 6.45) is 86.3. The van der Waals surface area contributed by atoms with Gasteiger partial charge in [-0.2, -0.15) is 0 Å².